The Morgan fingerprint density at radius 2 is 1.84 bits per heavy atom. The molecule has 0 saturated heterocycles. The summed E-state index contributed by atoms with van der Waals surface area (Å²) in [6.45, 7) is 8.22. The van der Waals surface area contributed by atoms with Crippen molar-refractivity contribution in [1.82, 2.24) is 15.3 Å². The number of nitrogens with zero attached hydrogens (tertiary/aromatic N) is 2. The van der Waals surface area contributed by atoms with Crippen LogP contribution in [0.25, 0.3) is 11.4 Å². The van der Waals surface area contributed by atoms with E-state index in [9.17, 15) is 0 Å². The van der Waals surface area contributed by atoms with Crippen LogP contribution in [-0.2, 0) is 6.54 Å². The van der Waals surface area contributed by atoms with E-state index in [-0.39, 0.29) is 0 Å². The Morgan fingerprint density at radius 3 is 2.47 bits per heavy atom. The van der Waals surface area contributed by atoms with Gasteiger partial charge in [-0.3, -0.25) is 0 Å². The fraction of sp³-hybridized carbons (Fsp3) is 0.375. The maximum absolute atomic E-state index is 4.58. The topological polar surface area (TPSA) is 37.8 Å². The molecule has 100 valence electrons. The van der Waals surface area contributed by atoms with Gasteiger partial charge in [-0.25, -0.2) is 9.97 Å². The predicted octanol–water partition coefficient (Wildman–Crippen LogP) is 3.38. The van der Waals surface area contributed by atoms with Crippen LogP contribution in [0.4, 0.5) is 0 Å². The van der Waals surface area contributed by atoms with Crippen LogP contribution in [-0.4, -0.2) is 16.5 Å². The Labute approximate surface area is 115 Å². The van der Waals surface area contributed by atoms with Crippen molar-refractivity contribution in [2.45, 2.75) is 33.2 Å². The summed E-state index contributed by atoms with van der Waals surface area (Å²) in [6, 6.07) is 10.5. The molecule has 2 aromatic rings. The summed E-state index contributed by atoms with van der Waals surface area (Å²) in [5.41, 5.74) is 3.44. The van der Waals surface area contributed by atoms with Crippen molar-refractivity contribution in [3.05, 3.63) is 47.8 Å². The molecule has 0 aliphatic rings. The summed E-state index contributed by atoms with van der Waals surface area (Å²) >= 11 is 0. The quantitative estimate of drug-likeness (QED) is 0.890. The van der Waals surface area contributed by atoms with Crippen LogP contribution < -0.4 is 5.32 Å². The number of hydrogen-bond acceptors (Lipinski definition) is 3. The van der Waals surface area contributed by atoms with E-state index < -0.39 is 0 Å². The summed E-state index contributed by atoms with van der Waals surface area (Å²) in [5.74, 6) is 1.35. The second kappa shape index (κ2) is 6.43. The van der Waals surface area contributed by atoms with E-state index in [1.807, 2.05) is 12.3 Å². The van der Waals surface area contributed by atoms with Gasteiger partial charge in [0, 0.05) is 18.3 Å². The van der Waals surface area contributed by atoms with Crippen molar-refractivity contribution in [3.63, 3.8) is 0 Å². The molecular weight excluding hydrogens is 234 g/mol. The summed E-state index contributed by atoms with van der Waals surface area (Å²) in [4.78, 5) is 8.93. The summed E-state index contributed by atoms with van der Waals surface area (Å²) in [5, 5.41) is 3.28. The van der Waals surface area contributed by atoms with Crippen molar-refractivity contribution in [2.24, 2.45) is 0 Å². The predicted molar refractivity (Wildman–Crippen MR) is 78.9 cm³/mol. The lowest BCUT2D eigenvalue weighted by atomic mass is 10.0. The van der Waals surface area contributed by atoms with Gasteiger partial charge in [0.1, 0.15) is 0 Å². The first-order valence-electron chi connectivity index (χ1n) is 6.83. The van der Waals surface area contributed by atoms with Gasteiger partial charge in [-0.2, -0.15) is 0 Å². The van der Waals surface area contributed by atoms with Gasteiger partial charge in [-0.1, -0.05) is 45.0 Å². The molecule has 0 amide bonds. The van der Waals surface area contributed by atoms with E-state index in [0.717, 1.165) is 30.2 Å². The van der Waals surface area contributed by atoms with Gasteiger partial charge in [0.05, 0.1) is 5.69 Å². The van der Waals surface area contributed by atoms with E-state index in [0.29, 0.717) is 5.92 Å². The zero-order valence-electron chi connectivity index (χ0n) is 11.9. The van der Waals surface area contributed by atoms with Crippen molar-refractivity contribution in [1.29, 1.82) is 0 Å². The number of nitrogens with one attached hydrogen (secondary N) is 1. The Kier molecular flexibility index (Phi) is 4.63. The highest BCUT2D eigenvalue weighted by molar-refractivity contribution is 5.55. The molecule has 1 aromatic carbocycles. The lowest BCUT2D eigenvalue weighted by molar-refractivity contribution is 0.709. The van der Waals surface area contributed by atoms with Crippen molar-refractivity contribution >= 4 is 0 Å². The molecule has 0 aliphatic carbocycles. The van der Waals surface area contributed by atoms with Crippen LogP contribution in [0.1, 0.15) is 37.9 Å². The monoisotopic (exact) mass is 255 g/mol. The molecule has 19 heavy (non-hydrogen) atoms. The van der Waals surface area contributed by atoms with Gasteiger partial charge in [-0.05, 0) is 24.1 Å². The van der Waals surface area contributed by atoms with Gasteiger partial charge in [0.15, 0.2) is 5.82 Å². The molecule has 3 nitrogen and oxygen atoms in total. The fourth-order valence-corrected chi connectivity index (χ4v) is 1.90. The van der Waals surface area contributed by atoms with Crippen LogP contribution in [0.2, 0.25) is 0 Å². The molecule has 1 N–H and O–H groups in total. The minimum absolute atomic E-state index is 0.551. The third-order valence-electron chi connectivity index (χ3n) is 3.10. The van der Waals surface area contributed by atoms with Crippen LogP contribution in [0.15, 0.2) is 36.5 Å². The second-order valence-corrected chi connectivity index (χ2v) is 4.93. The first-order chi connectivity index (χ1) is 9.20. The minimum Gasteiger partial charge on any atom is -0.311 e. The summed E-state index contributed by atoms with van der Waals surface area (Å²) in [7, 11) is 0. The second-order valence-electron chi connectivity index (χ2n) is 4.93. The Hall–Kier alpha value is -1.74. The van der Waals surface area contributed by atoms with E-state index in [4.69, 9.17) is 0 Å². The lowest BCUT2D eigenvalue weighted by Crippen LogP contribution is -2.13. The van der Waals surface area contributed by atoms with Gasteiger partial charge >= 0.3 is 0 Å². The molecular formula is C16H21N3. The molecule has 0 saturated carbocycles. The zero-order valence-corrected chi connectivity index (χ0v) is 11.9. The number of hydrogen-bond donors (Lipinski definition) is 1. The largest absolute Gasteiger partial charge is 0.311 e. The molecule has 0 atom stereocenters. The van der Waals surface area contributed by atoms with E-state index >= 15 is 0 Å². The van der Waals surface area contributed by atoms with Gasteiger partial charge in [0.2, 0.25) is 0 Å². The molecule has 0 bridgehead atoms. The van der Waals surface area contributed by atoms with Crippen molar-refractivity contribution in [2.75, 3.05) is 6.54 Å². The SMILES string of the molecule is CCNCc1ccnc(-c2ccc(C(C)C)cc2)n1. The Balaban J connectivity index is 2.21. The lowest BCUT2D eigenvalue weighted by Gasteiger charge is -2.07. The van der Waals surface area contributed by atoms with E-state index in [1.165, 1.54) is 5.56 Å². The fourth-order valence-electron chi connectivity index (χ4n) is 1.90. The molecule has 1 heterocycles. The van der Waals surface area contributed by atoms with Crippen molar-refractivity contribution < 1.29 is 0 Å². The van der Waals surface area contributed by atoms with Crippen LogP contribution >= 0.6 is 0 Å². The normalized spacial score (nSPS) is 10.9. The zero-order chi connectivity index (χ0) is 13.7. The Morgan fingerprint density at radius 1 is 1.11 bits per heavy atom. The first kappa shape index (κ1) is 13.7. The Bertz CT molecular complexity index is 518. The molecule has 0 spiro atoms. The highest BCUT2D eigenvalue weighted by atomic mass is 14.9. The molecule has 0 aliphatic heterocycles. The van der Waals surface area contributed by atoms with Crippen LogP contribution in [0, 0.1) is 0 Å². The standard InChI is InChI=1S/C16H21N3/c1-4-17-11-15-9-10-18-16(19-15)14-7-5-13(6-8-14)12(2)3/h5-10,12,17H,4,11H2,1-3H3. The maximum Gasteiger partial charge on any atom is 0.159 e. The molecule has 3 heteroatoms. The van der Waals surface area contributed by atoms with E-state index in [2.05, 4.69) is 60.3 Å². The minimum atomic E-state index is 0.551. The average Bonchev–Trinajstić information content (AvgIpc) is 2.45. The maximum atomic E-state index is 4.58. The smallest absolute Gasteiger partial charge is 0.159 e. The van der Waals surface area contributed by atoms with Crippen LogP contribution in [0.3, 0.4) is 0 Å². The van der Waals surface area contributed by atoms with E-state index in [1.54, 1.807) is 0 Å². The molecule has 0 radical (unpaired) electrons. The molecule has 1 aromatic heterocycles. The van der Waals surface area contributed by atoms with Gasteiger partial charge in [-0.15, -0.1) is 0 Å². The summed E-state index contributed by atoms with van der Waals surface area (Å²) in [6.07, 6.45) is 1.82. The van der Waals surface area contributed by atoms with Gasteiger partial charge < -0.3 is 5.32 Å². The van der Waals surface area contributed by atoms with Crippen molar-refractivity contribution in [3.8, 4) is 11.4 Å². The number of rotatable bonds is 5. The first-order valence-corrected chi connectivity index (χ1v) is 6.83. The highest BCUT2D eigenvalue weighted by Gasteiger charge is 2.04. The highest BCUT2D eigenvalue weighted by Crippen LogP contribution is 2.19. The number of aromatic nitrogens is 2. The third-order valence-corrected chi connectivity index (χ3v) is 3.10. The molecule has 0 fully saturated rings. The van der Waals surface area contributed by atoms with Crippen LogP contribution in [0.5, 0.6) is 0 Å². The summed E-state index contributed by atoms with van der Waals surface area (Å²) < 4.78 is 0. The molecule has 0 unspecified atom stereocenters. The molecule has 2 rings (SSSR count). The third kappa shape index (κ3) is 3.61. The number of benzene rings is 1. The average molecular weight is 255 g/mol. The van der Waals surface area contributed by atoms with Gasteiger partial charge in [0.25, 0.3) is 0 Å².